The lowest BCUT2D eigenvalue weighted by Crippen LogP contribution is -2.47. The topological polar surface area (TPSA) is 66.3 Å². The molecule has 2 aliphatic heterocycles. The Morgan fingerprint density at radius 1 is 1.18 bits per heavy atom. The first kappa shape index (κ1) is 25.4. The van der Waals surface area contributed by atoms with Crippen molar-refractivity contribution in [2.24, 2.45) is 7.05 Å². The number of carbonyl (C=O) groups is 1. The number of thiazole rings is 1. The maximum atomic E-state index is 13.4. The Morgan fingerprint density at radius 2 is 2.03 bits per heavy atom. The SMILES string of the molecule is Cn1cc(CNC(=O)N2CC3(CCN(C/C=C/c4ccc(Cl)c(Cl)c4)CC3)c3c2ccc2scnc32)cn1. The van der Waals surface area contributed by atoms with Gasteiger partial charge in [-0.15, -0.1) is 11.3 Å². The lowest BCUT2D eigenvalue weighted by atomic mass is 9.74. The molecule has 2 amide bonds. The van der Waals surface area contributed by atoms with E-state index in [2.05, 4.69) is 39.6 Å². The number of aryl methyl sites for hydroxylation is 1. The minimum absolute atomic E-state index is 0.0754. The first-order valence-electron chi connectivity index (χ1n) is 12.7. The molecular formula is C28H28Cl2N6OS. The Morgan fingerprint density at radius 3 is 2.79 bits per heavy atom. The minimum Gasteiger partial charge on any atom is -0.333 e. The standard InChI is InChI=1S/C28H28Cl2N6OS/c1-34-16-20(15-33-34)14-31-27(37)36-17-28(25-23(36)6-7-24-26(25)32-18-38-24)8-11-35(12-9-28)10-2-3-19-4-5-21(29)22(30)13-19/h2-7,13,15-16,18H,8-12,14,17H2,1H3,(H,31,37)/b3-2+. The van der Waals surface area contributed by atoms with Gasteiger partial charge in [-0.05, 0) is 55.8 Å². The molecule has 0 bridgehead atoms. The van der Waals surface area contributed by atoms with Crippen molar-refractivity contribution in [1.82, 2.24) is 25.0 Å². The van der Waals surface area contributed by atoms with E-state index in [4.69, 9.17) is 28.2 Å². The Kier molecular flexibility index (Phi) is 6.90. The van der Waals surface area contributed by atoms with Crippen LogP contribution in [0.4, 0.5) is 10.5 Å². The van der Waals surface area contributed by atoms with E-state index in [-0.39, 0.29) is 11.4 Å². The van der Waals surface area contributed by atoms with Crippen LogP contribution in [0.5, 0.6) is 0 Å². The van der Waals surface area contributed by atoms with Crippen LogP contribution < -0.4 is 10.2 Å². The van der Waals surface area contributed by atoms with Gasteiger partial charge in [-0.25, -0.2) is 9.78 Å². The molecule has 38 heavy (non-hydrogen) atoms. The third-order valence-corrected chi connectivity index (χ3v) is 9.17. The lowest BCUT2D eigenvalue weighted by molar-refractivity contribution is 0.180. The fourth-order valence-corrected chi connectivity index (χ4v) is 6.67. The molecule has 7 nitrogen and oxygen atoms in total. The second kappa shape index (κ2) is 10.3. The van der Waals surface area contributed by atoms with Gasteiger partial charge in [-0.1, -0.05) is 41.4 Å². The summed E-state index contributed by atoms with van der Waals surface area (Å²) >= 11 is 13.8. The number of nitrogens with one attached hydrogen (secondary N) is 1. The third kappa shape index (κ3) is 4.82. The summed E-state index contributed by atoms with van der Waals surface area (Å²) in [6.45, 7) is 3.89. The average molecular weight is 568 g/mol. The number of aromatic nitrogens is 3. The lowest BCUT2D eigenvalue weighted by Gasteiger charge is -2.39. The molecule has 0 saturated carbocycles. The predicted octanol–water partition coefficient (Wildman–Crippen LogP) is 6.11. The molecule has 0 radical (unpaired) electrons. The number of halogens is 2. The highest BCUT2D eigenvalue weighted by Crippen LogP contribution is 2.50. The summed E-state index contributed by atoms with van der Waals surface area (Å²) in [7, 11) is 1.88. The molecule has 4 heterocycles. The van der Waals surface area contributed by atoms with Gasteiger partial charge in [0.25, 0.3) is 0 Å². The molecule has 1 saturated heterocycles. The van der Waals surface area contributed by atoms with Crippen molar-refractivity contribution in [3.8, 4) is 0 Å². The molecule has 2 aliphatic rings. The van der Waals surface area contributed by atoms with Crippen molar-refractivity contribution in [2.45, 2.75) is 24.8 Å². The normalized spacial score (nSPS) is 17.1. The molecule has 0 unspecified atom stereocenters. The minimum atomic E-state index is -0.0987. The highest BCUT2D eigenvalue weighted by molar-refractivity contribution is 7.16. The zero-order chi connectivity index (χ0) is 26.3. The summed E-state index contributed by atoms with van der Waals surface area (Å²) in [6, 6.07) is 9.79. The van der Waals surface area contributed by atoms with Crippen LogP contribution in [0.25, 0.3) is 16.3 Å². The number of benzene rings is 2. The van der Waals surface area contributed by atoms with E-state index in [1.165, 1.54) is 10.3 Å². The molecule has 196 valence electrons. The summed E-state index contributed by atoms with van der Waals surface area (Å²) in [5.41, 5.74) is 7.09. The molecule has 0 atom stereocenters. The number of piperidine rings is 1. The Hall–Kier alpha value is -2.91. The van der Waals surface area contributed by atoms with Crippen LogP contribution in [0.15, 0.2) is 54.3 Å². The van der Waals surface area contributed by atoms with Crippen LogP contribution in [0.1, 0.15) is 29.5 Å². The summed E-state index contributed by atoms with van der Waals surface area (Å²) in [5.74, 6) is 0. The monoisotopic (exact) mass is 566 g/mol. The number of carbonyl (C=O) groups excluding carboxylic acids is 1. The number of nitrogens with zero attached hydrogens (tertiary/aromatic N) is 5. The maximum absolute atomic E-state index is 13.4. The highest BCUT2D eigenvalue weighted by atomic mass is 35.5. The predicted molar refractivity (Wildman–Crippen MR) is 155 cm³/mol. The van der Waals surface area contributed by atoms with E-state index in [0.29, 0.717) is 23.1 Å². The first-order chi connectivity index (χ1) is 18.4. The number of fused-ring (bicyclic) bond motifs is 4. The number of hydrogen-bond donors (Lipinski definition) is 1. The molecule has 6 rings (SSSR count). The smallest absolute Gasteiger partial charge is 0.322 e. The zero-order valence-electron chi connectivity index (χ0n) is 21.0. The van der Waals surface area contributed by atoms with Crippen LogP contribution in [0.2, 0.25) is 10.0 Å². The molecule has 2 aromatic heterocycles. The fourth-order valence-electron chi connectivity index (χ4n) is 5.68. The van der Waals surface area contributed by atoms with Gasteiger partial charge < -0.3 is 5.32 Å². The van der Waals surface area contributed by atoms with Gasteiger partial charge in [-0.3, -0.25) is 14.5 Å². The molecule has 1 spiro atoms. The summed E-state index contributed by atoms with van der Waals surface area (Å²) in [5, 5.41) is 8.43. The van der Waals surface area contributed by atoms with Crippen LogP contribution in [0.3, 0.4) is 0 Å². The van der Waals surface area contributed by atoms with E-state index in [9.17, 15) is 4.79 Å². The molecule has 2 aromatic carbocycles. The second-order valence-electron chi connectivity index (χ2n) is 10.1. The van der Waals surface area contributed by atoms with E-state index < -0.39 is 0 Å². The molecule has 4 aromatic rings. The van der Waals surface area contributed by atoms with Gasteiger partial charge in [0.1, 0.15) is 0 Å². The fraction of sp³-hybridized carbons (Fsp3) is 0.321. The van der Waals surface area contributed by atoms with E-state index in [1.807, 2.05) is 41.9 Å². The highest BCUT2D eigenvalue weighted by Gasteiger charge is 2.47. The van der Waals surface area contributed by atoms with E-state index in [1.54, 1.807) is 22.2 Å². The number of amides is 2. The largest absolute Gasteiger partial charge is 0.333 e. The van der Waals surface area contributed by atoms with Crippen LogP contribution in [0, 0.1) is 0 Å². The molecule has 10 heteroatoms. The third-order valence-electron chi connectivity index (χ3n) is 7.64. The second-order valence-corrected chi connectivity index (χ2v) is 11.8. The summed E-state index contributed by atoms with van der Waals surface area (Å²) in [4.78, 5) is 22.5. The van der Waals surface area contributed by atoms with Crippen LogP contribution >= 0.6 is 34.5 Å². The Bertz CT molecular complexity index is 1520. The number of urea groups is 1. The van der Waals surface area contributed by atoms with Crippen molar-refractivity contribution < 1.29 is 4.79 Å². The van der Waals surface area contributed by atoms with Crippen LogP contribution in [-0.2, 0) is 19.0 Å². The maximum Gasteiger partial charge on any atom is 0.322 e. The number of anilines is 1. The number of rotatable bonds is 5. The van der Waals surface area contributed by atoms with Gasteiger partial charge in [0, 0.05) is 49.4 Å². The molecule has 1 fully saturated rings. The van der Waals surface area contributed by atoms with Crippen molar-refractivity contribution in [3.63, 3.8) is 0 Å². The van der Waals surface area contributed by atoms with Crippen molar-refractivity contribution in [1.29, 1.82) is 0 Å². The van der Waals surface area contributed by atoms with Crippen molar-refractivity contribution >= 4 is 62.5 Å². The van der Waals surface area contributed by atoms with Crippen LogP contribution in [-0.4, -0.2) is 51.9 Å². The van der Waals surface area contributed by atoms with Crippen molar-refractivity contribution in [2.75, 3.05) is 31.1 Å². The summed E-state index contributed by atoms with van der Waals surface area (Å²) < 4.78 is 2.92. The van der Waals surface area contributed by atoms with Gasteiger partial charge in [0.05, 0.1) is 37.7 Å². The molecular weight excluding hydrogens is 539 g/mol. The molecule has 0 aliphatic carbocycles. The first-order valence-corrected chi connectivity index (χ1v) is 14.3. The molecule has 1 N–H and O–H groups in total. The number of likely N-dealkylation sites (tertiary alicyclic amines) is 1. The van der Waals surface area contributed by atoms with Crippen molar-refractivity contribution in [3.05, 3.63) is 81.0 Å². The average Bonchev–Trinajstić information content (AvgIpc) is 3.63. The summed E-state index contributed by atoms with van der Waals surface area (Å²) in [6.07, 6.45) is 9.92. The Balaban J connectivity index is 1.18. The van der Waals surface area contributed by atoms with Gasteiger partial charge in [0.2, 0.25) is 0 Å². The Labute approximate surface area is 235 Å². The van der Waals surface area contributed by atoms with Gasteiger partial charge >= 0.3 is 6.03 Å². The van der Waals surface area contributed by atoms with Gasteiger partial charge in [-0.2, -0.15) is 5.10 Å². The zero-order valence-corrected chi connectivity index (χ0v) is 23.4. The van der Waals surface area contributed by atoms with E-state index in [0.717, 1.165) is 54.8 Å². The number of hydrogen-bond acceptors (Lipinski definition) is 5. The quantitative estimate of drug-likeness (QED) is 0.316. The van der Waals surface area contributed by atoms with Gasteiger partial charge in [0.15, 0.2) is 0 Å². The van der Waals surface area contributed by atoms with E-state index >= 15 is 0 Å².